The topological polar surface area (TPSA) is 114 Å². The monoisotopic (exact) mass is 452 g/mol. The number of nitriles is 1. The highest BCUT2D eigenvalue weighted by molar-refractivity contribution is 8.00. The van der Waals surface area contributed by atoms with Gasteiger partial charge in [-0.1, -0.05) is 50.7 Å². The second kappa shape index (κ2) is 8.96. The molecule has 3 rings (SSSR count). The molecular formula is C22H24N6O3S. The fraction of sp³-hybridized carbons (Fsp3) is 0.364. The Balaban J connectivity index is 2.08. The van der Waals surface area contributed by atoms with Gasteiger partial charge in [0.1, 0.15) is 22.8 Å². The van der Waals surface area contributed by atoms with E-state index in [1.54, 1.807) is 31.3 Å². The molecule has 1 aromatic carbocycles. The Kier molecular flexibility index (Phi) is 6.50. The molecule has 10 heteroatoms. The summed E-state index contributed by atoms with van der Waals surface area (Å²) in [4.78, 5) is 48.8. The van der Waals surface area contributed by atoms with E-state index in [1.807, 2.05) is 32.9 Å². The number of hydrogen-bond acceptors (Lipinski definition) is 7. The van der Waals surface area contributed by atoms with Gasteiger partial charge in [-0.15, -0.1) is 0 Å². The quantitative estimate of drug-likeness (QED) is 0.330. The third-order valence-electron chi connectivity index (χ3n) is 4.87. The number of para-hydroxylation sites is 1. The maximum Gasteiger partial charge on any atom is 0.332 e. The number of amides is 1. The second-order valence-electron chi connectivity index (χ2n) is 8.27. The SMILES string of the molecule is Cn1c(=O)c2c(SCC(=O)N(CC#N)c3ccccc3)nc(C(C)(C)C)nc2n(C)c1=O. The summed E-state index contributed by atoms with van der Waals surface area (Å²) in [6.45, 7) is 5.68. The van der Waals surface area contributed by atoms with E-state index in [0.717, 1.165) is 16.3 Å². The van der Waals surface area contributed by atoms with Gasteiger partial charge in [0.2, 0.25) is 5.91 Å². The molecule has 0 aliphatic rings. The van der Waals surface area contributed by atoms with Gasteiger partial charge in [-0.25, -0.2) is 14.8 Å². The highest BCUT2D eigenvalue weighted by Gasteiger charge is 2.25. The van der Waals surface area contributed by atoms with E-state index in [2.05, 4.69) is 9.97 Å². The number of aromatic nitrogens is 4. The van der Waals surface area contributed by atoms with Crippen LogP contribution >= 0.6 is 11.8 Å². The van der Waals surface area contributed by atoms with Crippen LogP contribution in [0.2, 0.25) is 0 Å². The van der Waals surface area contributed by atoms with Gasteiger partial charge in [0, 0.05) is 25.2 Å². The van der Waals surface area contributed by atoms with Crippen LogP contribution in [0.4, 0.5) is 5.69 Å². The highest BCUT2D eigenvalue weighted by atomic mass is 32.2. The van der Waals surface area contributed by atoms with Crippen molar-refractivity contribution < 1.29 is 4.79 Å². The van der Waals surface area contributed by atoms with E-state index in [9.17, 15) is 19.6 Å². The van der Waals surface area contributed by atoms with Crippen LogP contribution in [0.3, 0.4) is 0 Å². The molecule has 0 saturated heterocycles. The summed E-state index contributed by atoms with van der Waals surface area (Å²) >= 11 is 1.09. The molecule has 166 valence electrons. The molecule has 32 heavy (non-hydrogen) atoms. The summed E-state index contributed by atoms with van der Waals surface area (Å²) in [6.07, 6.45) is 0. The molecule has 2 aromatic heterocycles. The van der Waals surface area contributed by atoms with Gasteiger partial charge in [-0.3, -0.25) is 23.6 Å². The van der Waals surface area contributed by atoms with Crippen LogP contribution in [0.25, 0.3) is 11.0 Å². The predicted molar refractivity (Wildman–Crippen MR) is 124 cm³/mol. The minimum absolute atomic E-state index is 0.0434. The van der Waals surface area contributed by atoms with E-state index in [0.29, 0.717) is 16.5 Å². The van der Waals surface area contributed by atoms with E-state index in [4.69, 9.17) is 0 Å². The standard InChI is InChI=1S/C22H24N6O3S/c1-22(2,3)20-24-17-16(19(30)27(5)21(31)26(17)4)18(25-20)32-13-15(29)28(12-11-23)14-9-7-6-8-10-14/h6-10H,12-13H2,1-5H3. The number of fused-ring (bicyclic) bond motifs is 1. The van der Waals surface area contributed by atoms with Crippen molar-refractivity contribution in [2.45, 2.75) is 31.2 Å². The summed E-state index contributed by atoms with van der Waals surface area (Å²) in [5.41, 5.74) is -0.611. The first-order valence-corrected chi connectivity index (χ1v) is 10.9. The molecular weight excluding hydrogens is 428 g/mol. The molecule has 0 atom stereocenters. The minimum Gasteiger partial charge on any atom is -0.298 e. The van der Waals surface area contributed by atoms with Crippen LogP contribution < -0.4 is 16.1 Å². The number of rotatable bonds is 5. The fourth-order valence-electron chi connectivity index (χ4n) is 3.08. The van der Waals surface area contributed by atoms with Gasteiger partial charge >= 0.3 is 5.69 Å². The predicted octanol–water partition coefficient (Wildman–Crippen LogP) is 1.97. The minimum atomic E-state index is -0.518. The van der Waals surface area contributed by atoms with Crippen molar-refractivity contribution in [2.75, 3.05) is 17.2 Å². The van der Waals surface area contributed by atoms with Gasteiger partial charge in [0.05, 0.1) is 11.8 Å². The summed E-state index contributed by atoms with van der Waals surface area (Å²) < 4.78 is 2.31. The molecule has 0 fully saturated rings. The molecule has 3 aromatic rings. The number of hydrogen-bond donors (Lipinski definition) is 0. The maximum absolute atomic E-state index is 13.0. The molecule has 0 bridgehead atoms. The number of aryl methyl sites for hydroxylation is 1. The van der Waals surface area contributed by atoms with Gasteiger partial charge in [-0.2, -0.15) is 5.26 Å². The average molecular weight is 453 g/mol. The zero-order valence-corrected chi connectivity index (χ0v) is 19.4. The average Bonchev–Trinajstić information content (AvgIpc) is 2.77. The zero-order chi connectivity index (χ0) is 23.6. The van der Waals surface area contributed by atoms with Crippen molar-refractivity contribution in [2.24, 2.45) is 14.1 Å². The van der Waals surface area contributed by atoms with Gasteiger partial charge in [0.25, 0.3) is 5.56 Å². The number of anilines is 1. The van der Waals surface area contributed by atoms with Crippen LogP contribution in [0, 0.1) is 11.3 Å². The van der Waals surface area contributed by atoms with E-state index >= 15 is 0 Å². The number of thioether (sulfide) groups is 1. The normalized spacial score (nSPS) is 11.4. The lowest BCUT2D eigenvalue weighted by Gasteiger charge is -2.21. The third kappa shape index (κ3) is 4.43. The molecule has 0 spiro atoms. The van der Waals surface area contributed by atoms with Crippen LogP contribution in [-0.2, 0) is 24.3 Å². The molecule has 0 aliphatic carbocycles. The summed E-state index contributed by atoms with van der Waals surface area (Å²) in [6, 6.07) is 10.9. The van der Waals surface area contributed by atoms with Crippen molar-refractivity contribution in [3.8, 4) is 6.07 Å². The third-order valence-corrected chi connectivity index (χ3v) is 5.83. The molecule has 0 aliphatic heterocycles. The van der Waals surface area contributed by atoms with Crippen LogP contribution in [0.1, 0.15) is 26.6 Å². The molecule has 0 unspecified atom stereocenters. The number of nitrogens with zero attached hydrogens (tertiary/aromatic N) is 6. The van der Waals surface area contributed by atoms with E-state index in [1.165, 1.54) is 16.5 Å². The summed E-state index contributed by atoms with van der Waals surface area (Å²) in [5.74, 6) is 0.117. The first-order valence-electron chi connectivity index (χ1n) is 9.89. The van der Waals surface area contributed by atoms with Crippen molar-refractivity contribution in [3.63, 3.8) is 0 Å². The van der Waals surface area contributed by atoms with Crippen LogP contribution in [0.5, 0.6) is 0 Å². The summed E-state index contributed by atoms with van der Waals surface area (Å²) in [5, 5.41) is 9.69. The first-order chi connectivity index (χ1) is 15.1. The van der Waals surface area contributed by atoms with E-state index < -0.39 is 16.7 Å². The van der Waals surface area contributed by atoms with Crippen molar-refractivity contribution in [1.82, 2.24) is 19.1 Å². The Hall–Kier alpha value is -3.45. The van der Waals surface area contributed by atoms with E-state index in [-0.39, 0.29) is 29.2 Å². The van der Waals surface area contributed by atoms with Gasteiger partial charge in [0.15, 0.2) is 5.65 Å². The van der Waals surface area contributed by atoms with Crippen molar-refractivity contribution >= 4 is 34.4 Å². The smallest absolute Gasteiger partial charge is 0.298 e. The molecule has 9 nitrogen and oxygen atoms in total. The van der Waals surface area contributed by atoms with Crippen LogP contribution in [0.15, 0.2) is 44.9 Å². The van der Waals surface area contributed by atoms with Gasteiger partial charge < -0.3 is 0 Å². The Morgan fingerprint density at radius 2 is 1.78 bits per heavy atom. The Morgan fingerprint density at radius 1 is 1.12 bits per heavy atom. The zero-order valence-electron chi connectivity index (χ0n) is 18.6. The second-order valence-corrected chi connectivity index (χ2v) is 9.23. The number of carbonyl (C=O) groups is 1. The van der Waals surface area contributed by atoms with Crippen molar-refractivity contribution in [3.05, 3.63) is 57.0 Å². The Morgan fingerprint density at radius 3 is 2.38 bits per heavy atom. The molecule has 2 heterocycles. The largest absolute Gasteiger partial charge is 0.332 e. The maximum atomic E-state index is 13.0. The lowest BCUT2D eigenvalue weighted by Crippen LogP contribution is -2.38. The fourth-order valence-corrected chi connectivity index (χ4v) is 3.97. The Bertz CT molecular complexity index is 1330. The summed E-state index contributed by atoms with van der Waals surface area (Å²) in [7, 11) is 2.94. The molecule has 0 N–H and O–H groups in total. The number of carbonyl (C=O) groups excluding carboxylic acids is 1. The molecule has 0 radical (unpaired) electrons. The van der Waals surface area contributed by atoms with Crippen LogP contribution in [-0.4, -0.2) is 37.3 Å². The van der Waals surface area contributed by atoms with Gasteiger partial charge in [-0.05, 0) is 12.1 Å². The molecule has 0 saturated carbocycles. The van der Waals surface area contributed by atoms with Crippen molar-refractivity contribution in [1.29, 1.82) is 5.26 Å². The highest BCUT2D eigenvalue weighted by Crippen LogP contribution is 2.27. The lowest BCUT2D eigenvalue weighted by atomic mass is 9.96. The first kappa shape index (κ1) is 23.2. The molecule has 1 amide bonds. The number of benzene rings is 1. The Labute approximate surface area is 189 Å². The lowest BCUT2D eigenvalue weighted by molar-refractivity contribution is -0.116.